The third-order valence-corrected chi connectivity index (χ3v) is 2.59. The van der Waals surface area contributed by atoms with Crippen molar-refractivity contribution in [2.75, 3.05) is 5.32 Å². The molecule has 18 heavy (non-hydrogen) atoms. The molecule has 96 valence electrons. The number of halogens is 2. The lowest BCUT2D eigenvalue weighted by Crippen LogP contribution is -2.09. The molecule has 2 N–H and O–H groups in total. The van der Waals surface area contributed by atoms with Crippen LogP contribution in [0.15, 0.2) is 30.6 Å². The molecule has 1 aromatic heterocycles. The Morgan fingerprint density at radius 1 is 1.28 bits per heavy atom. The summed E-state index contributed by atoms with van der Waals surface area (Å²) in [6, 6.07) is 4.98. The van der Waals surface area contributed by atoms with E-state index in [9.17, 15) is 4.79 Å². The van der Waals surface area contributed by atoms with E-state index < -0.39 is 0 Å². The molecule has 1 amide bonds. The number of hydrogen-bond acceptors (Lipinski definition) is 3. The topological polar surface area (TPSA) is 70.7 Å². The number of H-pyrrole nitrogens is 1. The molecule has 0 saturated heterocycles. The fraction of sp³-hybridized carbons (Fsp3) is 0.182. The lowest BCUT2D eigenvalue weighted by atomic mass is 10.3. The van der Waals surface area contributed by atoms with Crippen molar-refractivity contribution in [1.82, 2.24) is 15.4 Å². The highest BCUT2D eigenvalue weighted by molar-refractivity contribution is 6.42. The van der Waals surface area contributed by atoms with E-state index in [1.54, 1.807) is 37.5 Å². The maximum absolute atomic E-state index is 11.0. The summed E-state index contributed by atoms with van der Waals surface area (Å²) in [7, 11) is 0. The van der Waals surface area contributed by atoms with Crippen molar-refractivity contribution in [3.8, 4) is 0 Å². The molecule has 0 radical (unpaired) electrons. The van der Waals surface area contributed by atoms with E-state index in [2.05, 4.69) is 20.7 Å². The molecule has 0 aliphatic carbocycles. The second-order valence-electron chi connectivity index (χ2n) is 3.19. The zero-order chi connectivity index (χ0) is 13.4. The predicted octanol–water partition coefficient (Wildman–Crippen LogP) is 3.15. The molecule has 0 spiro atoms. The van der Waals surface area contributed by atoms with Crippen LogP contribution >= 0.6 is 23.2 Å². The minimum absolute atomic E-state index is 0.0432. The first kappa shape index (κ1) is 14.5. The lowest BCUT2D eigenvalue weighted by molar-refractivity contribution is -0.115. The van der Waals surface area contributed by atoms with Crippen LogP contribution < -0.4 is 5.32 Å². The standard InChI is InChI=1S/C9H9Cl2NO.C2H3N3/c1-2-9(13)12-6-3-4-7(10)8(11)5-6;1-2-4-5-3-1/h3-5H,2H2,1H3,(H,12,13);1-2H,(H,3,4,5). The zero-order valence-corrected chi connectivity index (χ0v) is 11.2. The highest BCUT2D eigenvalue weighted by Crippen LogP contribution is 2.24. The monoisotopic (exact) mass is 286 g/mol. The number of amides is 1. The lowest BCUT2D eigenvalue weighted by Gasteiger charge is -2.04. The Bertz CT molecular complexity index is 471. The van der Waals surface area contributed by atoms with Gasteiger partial charge >= 0.3 is 0 Å². The van der Waals surface area contributed by atoms with Crippen LogP contribution in [0.2, 0.25) is 10.0 Å². The smallest absolute Gasteiger partial charge is 0.224 e. The maximum Gasteiger partial charge on any atom is 0.224 e. The van der Waals surface area contributed by atoms with E-state index in [0.717, 1.165) is 0 Å². The second kappa shape index (κ2) is 7.68. The number of anilines is 1. The van der Waals surface area contributed by atoms with Gasteiger partial charge in [0.1, 0.15) is 0 Å². The average molecular weight is 287 g/mol. The first-order chi connectivity index (χ1) is 8.63. The van der Waals surface area contributed by atoms with Crippen LogP contribution in [-0.2, 0) is 4.79 Å². The van der Waals surface area contributed by atoms with Crippen molar-refractivity contribution in [3.63, 3.8) is 0 Å². The first-order valence-corrected chi connectivity index (χ1v) is 5.93. The molecule has 0 atom stereocenters. The van der Waals surface area contributed by atoms with Gasteiger partial charge in [0.05, 0.1) is 22.4 Å². The van der Waals surface area contributed by atoms with E-state index in [0.29, 0.717) is 22.2 Å². The van der Waals surface area contributed by atoms with Gasteiger partial charge in [0.2, 0.25) is 5.91 Å². The number of carbonyl (C=O) groups is 1. The molecule has 7 heteroatoms. The zero-order valence-electron chi connectivity index (χ0n) is 9.65. The van der Waals surface area contributed by atoms with Gasteiger partial charge in [0.25, 0.3) is 0 Å². The molecule has 0 saturated carbocycles. The molecule has 0 aliphatic heterocycles. The molecule has 0 fully saturated rings. The fourth-order valence-electron chi connectivity index (χ4n) is 0.990. The Morgan fingerprint density at radius 3 is 2.39 bits per heavy atom. The number of benzene rings is 1. The number of hydrogen-bond donors (Lipinski definition) is 2. The van der Waals surface area contributed by atoms with Crippen molar-refractivity contribution >= 4 is 34.8 Å². The summed E-state index contributed by atoms with van der Waals surface area (Å²) in [4.78, 5) is 11.0. The van der Waals surface area contributed by atoms with Crippen LogP contribution in [-0.4, -0.2) is 21.3 Å². The Labute approximate surface area is 114 Å². The molecule has 2 aromatic rings. The minimum Gasteiger partial charge on any atom is -0.326 e. The van der Waals surface area contributed by atoms with Gasteiger partial charge < -0.3 is 5.32 Å². The van der Waals surface area contributed by atoms with Gasteiger partial charge in [0, 0.05) is 12.1 Å². The minimum atomic E-state index is -0.0432. The first-order valence-electron chi connectivity index (χ1n) is 5.18. The molecular weight excluding hydrogens is 275 g/mol. The Kier molecular flexibility index (Phi) is 6.18. The second-order valence-corrected chi connectivity index (χ2v) is 4.00. The average Bonchev–Trinajstić information content (AvgIpc) is 2.92. The van der Waals surface area contributed by atoms with Gasteiger partial charge in [-0.1, -0.05) is 30.1 Å². The van der Waals surface area contributed by atoms with Crippen molar-refractivity contribution in [2.24, 2.45) is 0 Å². The molecule has 0 unspecified atom stereocenters. The number of carbonyl (C=O) groups excluding carboxylic acids is 1. The Hall–Kier alpha value is -1.59. The van der Waals surface area contributed by atoms with Gasteiger partial charge in [-0.3, -0.25) is 4.79 Å². The van der Waals surface area contributed by atoms with Crippen LogP contribution in [0, 0.1) is 0 Å². The van der Waals surface area contributed by atoms with Crippen molar-refractivity contribution in [1.29, 1.82) is 0 Å². The van der Waals surface area contributed by atoms with E-state index in [1.165, 1.54) is 0 Å². The van der Waals surface area contributed by atoms with Gasteiger partial charge in [-0.15, -0.1) is 0 Å². The van der Waals surface area contributed by atoms with E-state index in [4.69, 9.17) is 23.2 Å². The maximum atomic E-state index is 11.0. The highest BCUT2D eigenvalue weighted by atomic mass is 35.5. The third kappa shape index (κ3) is 5.16. The highest BCUT2D eigenvalue weighted by Gasteiger charge is 2.01. The molecule has 5 nitrogen and oxygen atoms in total. The van der Waals surface area contributed by atoms with E-state index in [-0.39, 0.29) is 5.91 Å². The molecular formula is C11H12Cl2N4O. The Balaban J connectivity index is 0.000000269. The van der Waals surface area contributed by atoms with Crippen LogP contribution in [0.5, 0.6) is 0 Å². The largest absolute Gasteiger partial charge is 0.326 e. The summed E-state index contributed by atoms with van der Waals surface area (Å²) >= 11 is 11.5. The van der Waals surface area contributed by atoms with Gasteiger partial charge in [-0.2, -0.15) is 15.4 Å². The number of nitrogens with one attached hydrogen (secondary N) is 2. The van der Waals surface area contributed by atoms with Crippen molar-refractivity contribution in [2.45, 2.75) is 13.3 Å². The Morgan fingerprint density at radius 2 is 1.94 bits per heavy atom. The van der Waals surface area contributed by atoms with Gasteiger partial charge in [-0.05, 0) is 18.2 Å². The number of aromatic nitrogens is 3. The van der Waals surface area contributed by atoms with Crippen LogP contribution in [0.3, 0.4) is 0 Å². The van der Waals surface area contributed by atoms with E-state index in [1.807, 2.05) is 0 Å². The van der Waals surface area contributed by atoms with Gasteiger partial charge in [-0.25, -0.2) is 0 Å². The fourth-order valence-corrected chi connectivity index (χ4v) is 1.29. The SMILES string of the molecule is CCC(=O)Nc1ccc(Cl)c(Cl)c1.c1cn[nH]n1. The normalized spacial score (nSPS) is 9.28. The van der Waals surface area contributed by atoms with Gasteiger partial charge in [0.15, 0.2) is 0 Å². The van der Waals surface area contributed by atoms with Crippen molar-refractivity contribution in [3.05, 3.63) is 40.6 Å². The molecule has 0 aliphatic rings. The van der Waals surface area contributed by atoms with Crippen LogP contribution in [0.25, 0.3) is 0 Å². The number of nitrogens with zero attached hydrogens (tertiary/aromatic N) is 2. The summed E-state index contributed by atoms with van der Waals surface area (Å²) in [5.74, 6) is -0.0432. The van der Waals surface area contributed by atoms with Crippen LogP contribution in [0.1, 0.15) is 13.3 Å². The summed E-state index contributed by atoms with van der Waals surface area (Å²) in [6.07, 6.45) is 3.61. The summed E-state index contributed by atoms with van der Waals surface area (Å²) in [6.45, 7) is 1.78. The van der Waals surface area contributed by atoms with Crippen LogP contribution in [0.4, 0.5) is 5.69 Å². The third-order valence-electron chi connectivity index (χ3n) is 1.86. The predicted molar refractivity (Wildman–Crippen MR) is 71.8 cm³/mol. The molecule has 2 rings (SSSR count). The molecule has 0 bridgehead atoms. The molecule has 1 aromatic carbocycles. The quantitative estimate of drug-likeness (QED) is 0.891. The van der Waals surface area contributed by atoms with Crippen molar-refractivity contribution < 1.29 is 4.79 Å². The summed E-state index contributed by atoms with van der Waals surface area (Å²) in [5.41, 5.74) is 0.668. The summed E-state index contributed by atoms with van der Waals surface area (Å²) in [5, 5.41) is 12.9. The summed E-state index contributed by atoms with van der Waals surface area (Å²) < 4.78 is 0. The van der Waals surface area contributed by atoms with E-state index >= 15 is 0 Å². The molecule has 1 heterocycles. The number of rotatable bonds is 2. The number of aromatic amines is 1.